The Bertz CT molecular complexity index is 1270. The molecule has 4 aromatic rings. The molecule has 27 heavy (non-hydrogen) atoms. The van der Waals surface area contributed by atoms with Crippen molar-refractivity contribution in [3.63, 3.8) is 0 Å². The predicted octanol–water partition coefficient (Wildman–Crippen LogP) is 2.27. The van der Waals surface area contributed by atoms with E-state index >= 15 is 0 Å². The number of aromatic nitrogens is 3. The van der Waals surface area contributed by atoms with Crippen molar-refractivity contribution in [2.75, 3.05) is 5.32 Å². The van der Waals surface area contributed by atoms with Gasteiger partial charge >= 0.3 is 5.69 Å². The Morgan fingerprint density at radius 1 is 1.07 bits per heavy atom. The third-order valence-corrected chi connectivity index (χ3v) is 4.34. The molecule has 0 atom stereocenters. The number of nitrogens with zero attached hydrogens (tertiary/aromatic N) is 2. The van der Waals surface area contributed by atoms with Gasteiger partial charge in [-0.05, 0) is 24.3 Å². The van der Waals surface area contributed by atoms with Crippen LogP contribution in [-0.2, 0) is 11.3 Å². The number of aromatic amines is 1. The van der Waals surface area contributed by atoms with E-state index in [4.69, 9.17) is 0 Å². The summed E-state index contributed by atoms with van der Waals surface area (Å²) in [7, 11) is 0. The number of carbonyl (C=O) groups excluding carboxylic acids is 1. The molecule has 0 saturated carbocycles. The fraction of sp³-hybridized carbons (Fsp3) is 0.100. The number of hydrogen-bond acceptors (Lipinski definition) is 4. The van der Waals surface area contributed by atoms with Crippen molar-refractivity contribution >= 4 is 33.4 Å². The maximum atomic E-state index is 12.3. The van der Waals surface area contributed by atoms with Gasteiger partial charge in [-0.15, -0.1) is 0 Å². The first-order valence-corrected chi connectivity index (χ1v) is 8.48. The average molecular weight is 360 g/mol. The average Bonchev–Trinajstić information content (AvgIpc) is 2.68. The van der Waals surface area contributed by atoms with Crippen molar-refractivity contribution in [3.05, 3.63) is 81.6 Å². The molecule has 0 aliphatic carbocycles. The molecule has 0 bridgehead atoms. The van der Waals surface area contributed by atoms with Gasteiger partial charge < -0.3 is 5.32 Å². The number of rotatable bonds is 4. The molecule has 0 aliphatic rings. The number of anilines is 1. The largest absolute Gasteiger partial charge is 0.328 e. The second-order valence-electron chi connectivity index (χ2n) is 6.14. The summed E-state index contributed by atoms with van der Waals surface area (Å²) in [5, 5.41) is 4.14. The molecule has 0 aliphatic heterocycles. The first-order chi connectivity index (χ1) is 13.1. The van der Waals surface area contributed by atoms with Crippen LogP contribution in [0.4, 0.5) is 5.69 Å². The van der Waals surface area contributed by atoms with Gasteiger partial charge in [-0.25, -0.2) is 4.79 Å². The van der Waals surface area contributed by atoms with E-state index in [2.05, 4.69) is 15.3 Å². The SMILES string of the molecule is O=C(CCn1c(=O)[nH]c(=O)c2ccccc21)Nc1cnc2ccccc2c1. The van der Waals surface area contributed by atoms with Crippen LogP contribution in [-0.4, -0.2) is 20.4 Å². The quantitative estimate of drug-likeness (QED) is 0.583. The predicted molar refractivity (Wildman–Crippen MR) is 104 cm³/mol. The topological polar surface area (TPSA) is 96.9 Å². The van der Waals surface area contributed by atoms with Gasteiger partial charge in [-0.1, -0.05) is 30.3 Å². The number of para-hydroxylation sites is 2. The van der Waals surface area contributed by atoms with Gasteiger partial charge in [0.2, 0.25) is 5.91 Å². The molecule has 1 amide bonds. The molecule has 2 N–H and O–H groups in total. The maximum absolute atomic E-state index is 12.3. The van der Waals surface area contributed by atoms with Crippen LogP contribution in [0.15, 0.2) is 70.4 Å². The minimum Gasteiger partial charge on any atom is -0.325 e. The van der Waals surface area contributed by atoms with Crippen LogP contribution in [0.25, 0.3) is 21.8 Å². The fourth-order valence-corrected chi connectivity index (χ4v) is 3.04. The van der Waals surface area contributed by atoms with Gasteiger partial charge in [0, 0.05) is 18.4 Å². The van der Waals surface area contributed by atoms with E-state index in [1.165, 1.54) is 4.57 Å². The molecule has 0 fully saturated rings. The molecule has 2 aromatic heterocycles. The van der Waals surface area contributed by atoms with Gasteiger partial charge in [0.1, 0.15) is 0 Å². The van der Waals surface area contributed by atoms with E-state index in [0.717, 1.165) is 10.9 Å². The third kappa shape index (κ3) is 3.35. The van der Waals surface area contributed by atoms with Crippen LogP contribution in [0.1, 0.15) is 6.42 Å². The summed E-state index contributed by atoms with van der Waals surface area (Å²) in [5.41, 5.74) is 0.989. The summed E-state index contributed by atoms with van der Waals surface area (Å²) in [4.78, 5) is 42.9. The lowest BCUT2D eigenvalue weighted by Gasteiger charge is -2.10. The zero-order valence-electron chi connectivity index (χ0n) is 14.3. The molecule has 0 radical (unpaired) electrons. The number of H-pyrrole nitrogens is 1. The number of nitrogens with one attached hydrogen (secondary N) is 2. The number of aryl methyl sites for hydroxylation is 1. The van der Waals surface area contributed by atoms with Gasteiger partial charge in [0.25, 0.3) is 5.56 Å². The summed E-state index contributed by atoms with van der Waals surface area (Å²) in [5.74, 6) is -0.241. The third-order valence-electron chi connectivity index (χ3n) is 4.34. The van der Waals surface area contributed by atoms with E-state index in [1.807, 2.05) is 30.3 Å². The van der Waals surface area contributed by atoms with Crippen molar-refractivity contribution in [3.8, 4) is 0 Å². The lowest BCUT2D eigenvalue weighted by molar-refractivity contribution is -0.116. The van der Waals surface area contributed by atoms with Gasteiger partial charge in [0.15, 0.2) is 0 Å². The summed E-state index contributed by atoms with van der Waals surface area (Å²) in [6.07, 6.45) is 1.69. The molecule has 134 valence electrons. The maximum Gasteiger partial charge on any atom is 0.328 e. The highest BCUT2D eigenvalue weighted by Crippen LogP contribution is 2.16. The number of amides is 1. The zero-order chi connectivity index (χ0) is 18.8. The first-order valence-electron chi connectivity index (χ1n) is 8.48. The molecule has 0 saturated heterocycles. The van der Waals surface area contributed by atoms with Crippen LogP contribution in [0.2, 0.25) is 0 Å². The van der Waals surface area contributed by atoms with Crippen molar-refractivity contribution < 1.29 is 4.79 Å². The number of benzene rings is 2. The standard InChI is InChI=1S/C20H16N4O3/c25-18(22-14-11-13-5-1-3-7-16(13)21-12-14)9-10-24-17-8-4-2-6-15(17)19(26)23-20(24)27/h1-8,11-12H,9-10H2,(H,22,25)(H,23,26,27). The second-order valence-corrected chi connectivity index (χ2v) is 6.14. The molecule has 0 unspecified atom stereocenters. The Labute approximate surface area is 153 Å². The first kappa shape index (κ1) is 16.7. The summed E-state index contributed by atoms with van der Waals surface area (Å²) in [6.45, 7) is 0.156. The molecule has 2 heterocycles. The molecule has 4 rings (SSSR count). The second kappa shape index (κ2) is 6.87. The monoisotopic (exact) mass is 360 g/mol. The number of carbonyl (C=O) groups is 1. The number of fused-ring (bicyclic) bond motifs is 2. The minimum absolute atomic E-state index is 0.0861. The lowest BCUT2D eigenvalue weighted by atomic mass is 10.2. The van der Waals surface area contributed by atoms with Crippen LogP contribution < -0.4 is 16.6 Å². The van der Waals surface area contributed by atoms with Crippen molar-refractivity contribution in [1.82, 2.24) is 14.5 Å². The number of pyridine rings is 1. The zero-order valence-corrected chi connectivity index (χ0v) is 14.3. The fourth-order valence-electron chi connectivity index (χ4n) is 3.04. The van der Waals surface area contributed by atoms with E-state index in [9.17, 15) is 14.4 Å². The Morgan fingerprint density at radius 2 is 1.85 bits per heavy atom. The highest BCUT2D eigenvalue weighted by Gasteiger charge is 2.09. The minimum atomic E-state index is -0.529. The molecular formula is C20H16N4O3. The summed E-state index contributed by atoms with van der Waals surface area (Å²) >= 11 is 0. The normalized spacial score (nSPS) is 11.0. The highest BCUT2D eigenvalue weighted by atomic mass is 16.2. The van der Waals surface area contributed by atoms with Crippen LogP contribution in [0, 0.1) is 0 Å². The summed E-state index contributed by atoms with van der Waals surface area (Å²) in [6, 6.07) is 16.3. The van der Waals surface area contributed by atoms with E-state index < -0.39 is 11.2 Å². The molecule has 0 spiro atoms. The number of hydrogen-bond donors (Lipinski definition) is 2. The van der Waals surface area contributed by atoms with Gasteiger partial charge in [-0.3, -0.25) is 24.1 Å². The van der Waals surface area contributed by atoms with Crippen LogP contribution in [0.3, 0.4) is 0 Å². The molecule has 7 heteroatoms. The Morgan fingerprint density at radius 3 is 2.74 bits per heavy atom. The van der Waals surface area contributed by atoms with Crippen LogP contribution in [0.5, 0.6) is 0 Å². The smallest absolute Gasteiger partial charge is 0.325 e. The van der Waals surface area contributed by atoms with Gasteiger partial charge in [-0.2, -0.15) is 0 Å². The molecule has 7 nitrogen and oxygen atoms in total. The lowest BCUT2D eigenvalue weighted by Crippen LogP contribution is -2.31. The highest BCUT2D eigenvalue weighted by molar-refractivity contribution is 5.93. The van der Waals surface area contributed by atoms with E-state index in [-0.39, 0.29) is 18.9 Å². The molecule has 2 aromatic carbocycles. The Kier molecular flexibility index (Phi) is 4.25. The van der Waals surface area contributed by atoms with Crippen molar-refractivity contribution in [1.29, 1.82) is 0 Å². The van der Waals surface area contributed by atoms with Crippen molar-refractivity contribution in [2.24, 2.45) is 0 Å². The van der Waals surface area contributed by atoms with E-state index in [0.29, 0.717) is 16.6 Å². The van der Waals surface area contributed by atoms with Crippen LogP contribution >= 0.6 is 0 Å². The Hall–Kier alpha value is -3.74. The molecular weight excluding hydrogens is 344 g/mol. The summed E-state index contributed by atoms with van der Waals surface area (Å²) < 4.78 is 1.40. The van der Waals surface area contributed by atoms with Crippen molar-refractivity contribution in [2.45, 2.75) is 13.0 Å². The van der Waals surface area contributed by atoms with Gasteiger partial charge in [0.05, 0.1) is 28.3 Å². The van der Waals surface area contributed by atoms with E-state index in [1.54, 1.807) is 30.5 Å². The Balaban J connectivity index is 1.53.